The zero-order valence-electron chi connectivity index (χ0n) is 11.5. The van der Waals surface area contributed by atoms with Crippen LogP contribution in [0.2, 0.25) is 0 Å². The van der Waals surface area contributed by atoms with E-state index in [4.69, 9.17) is 0 Å². The number of nitrogens with zero attached hydrogens (tertiary/aromatic N) is 3. The zero-order chi connectivity index (χ0) is 14.7. The Bertz CT molecular complexity index is 745. The number of aryl methyl sites for hydroxylation is 1. The second-order valence-corrected chi connectivity index (χ2v) is 3.65. The number of Topliss-reactive ketones (excluding diaryl/α,β-unsaturated/α-hetero) is 1. The molecule has 0 saturated carbocycles. The molecule has 20 heavy (non-hydrogen) atoms. The molecule has 0 saturated heterocycles. The molecule has 0 aromatic carbocycles. The minimum atomic E-state index is -1.63. The van der Waals surface area contributed by atoms with Gasteiger partial charge in [-0.25, -0.2) is 9.78 Å². The first-order chi connectivity index (χ1) is 8.77. The topological polar surface area (TPSA) is 130 Å². The van der Waals surface area contributed by atoms with Gasteiger partial charge in [0.25, 0.3) is 5.56 Å². The van der Waals surface area contributed by atoms with Crippen LogP contribution in [0.15, 0.2) is 15.9 Å². The number of carbonyl (C=O) groups is 2. The summed E-state index contributed by atoms with van der Waals surface area (Å²) in [5.74, 6) is -2.56. The Morgan fingerprint density at radius 1 is 1.25 bits per heavy atom. The van der Waals surface area contributed by atoms with Crippen molar-refractivity contribution in [3.05, 3.63) is 27.2 Å². The molecule has 0 radical (unpaired) electrons. The van der Waals surface area contributed by atoms with E-state index < -0.39 is 11.8 Å². The fourth-order valence-electron chi connectivity index (χ4n) is 1.27. The van der Waals surface area contributed by atoms with Gasteiger partial charge < -0.3 is 14.9 Å². The van der Waals surface area contributed by atoms with E-state index in [1.807, 2.05) is 0 Å². The Balaban J connectivity index is 0.000000448. The number of nitrogens with one attached hydrogen (secondary N) is 1. The van der Waals surface area contributed by atoms with Crippen LogP contribution >= 0.6 is 0 Å². The van der Waals surface area contributed by atoms with Gasteiger partial charge in [-0.1, -0.05) is 0 Å². The van der Waals surface area contributed by atoms with Crippen LogP contribution in [0.1, 0.15) is 6.92 Å². The largest absolute Gasteiger partial charge is 1.00 e. The summed E-state index contributed by atoms with van der Waals surface area (Å²) in [6.07, 6.45) is 1.39. The van der Waals surface area contributed by atoms with Crippen LogP contribution in [-0.4, -0.2) is 30.9 Å². The summed E-state index contributed by atoms with van der Waals surface area (Å²) >= 11 is 0. The first-order valence-electron chi connectivity index (χ1n) is 5.08. The van der Waals surface area contributed by atoms with Gasteiger partial charge in [0, 0.05) is 21.0 Å². The third-order valence-corrected chi connectivity index (χ3v) is 2.32. The smallest absolute Gasteiger partial charge is 0.542 e. The van der Waals surface area contributed by atoms with Crippen molar-refractivity contribution in [2.45, 2.75) is 6.92 Å². The van der Waals surface area contributed by atoms with Gasteiger partial charge in [-0.05, 0) is 0 Å². The Morgan fingerprint density at radius 2 is 1.75 bits per heavy atom. The van der Waals surface area contributed by atoms with E-state index in [0.717, 1.165) is 11.5 Å². The predicted molar refractivity (Wildman–Crippen MR) is 62.3 cm³/mol. The second-order valence-electron chi connectivity index (χ2n) is 3.65. The van der Waals surface area contributed by atoms with Crippen molar-refractivity contribution in [1.82, 2.24) is 19.1 Å². The molecule has 0 fully saturated rings. The second kappa shape index (κ2) is 7.17. The molecule has 0 bridgehead atoms. The average Bonchev–Trinajstić information content (AvgIpc) is 2.83. The number of hydrogen-bond acceptors (Lipinski definition) is 6. The van der Waals surface area contributed by atoms with Gasteiger partial charge in [0.05, 0.1) is 6.33 Å². The fraction of sp³-hybridized carbons (Fsp3) is 0.300. The molecular weight excluding hydrogens is 279 g/mol. The van der Waals surface area contributed by atoms with E-state index in [1.165, 1.54) is 17.9 Å². The summed E-state index contributed by atoms with van der Waals surface area (Å²) in [5, 5.41) is 9.24. The van der Waals surface area contributed by atoms with Crippen LogP contribution in [-0.2, 0) is 23.7 Å². The number of hydrogen-bond donors (Lipinski definition) is 1. The van der Waals surface area contributed by atoms with Crippen molar-refractivity contribution in [2.24, 2.45) is 14.1 Å². The maximum atomic E-state index is 11.4. The summed E-state index contributed by atoms with van der Waals surface area (Å²) in [6.45, 7) is 0.940. The standard InChI is InChI=1S/C7H8N4O2.C3H4O3.Na/c1-10-5-4(8-3-9-5)6(12)11(2)7(10)13;1-2(4)3(5)6;/h3H,1-2H3,(H,8,9);1H3,(H,5,6);/q;;+1/p-1. The zero-order valence-corrected chi connectivity index (χ0v) is 13.5. The van der Waals surface area contributed by atoms with Gasteiger partial charge in [0.1, 0.15) is 11.5 Å². The van der Waals surface area contributed by atoms with Gasteiger partial charge in [-0.3, -0.25) is 18.7 Å². The van der Waals surface area contributed by atoms with Crippen LogP contribution in [0.3, 0.4) is 0 Å². The number of aliphatic carboxylic acids is 1. The van der Waals surface area contributed by atoms with Crippen LogP contribution in [0.4, 0.5) is 0 Å². The number of aromatic nitrogens is 4. The summed E-state index contributed by atoms with van der Waals surface area (Å²) in [5.41, 5.74) is 0.0119. The molecule has 0 amide bonds. The number of carboxylic acid groups (broad SMARTS) is 1. The van der Waals surface area contributed by atoms with E-state index in [1.54, 1.807) is 7.05 Å². The SMILES string of the molecule is CC(=O)C(=O)[O-].Cn1c(=O)c2[nH]cnc2n(C)c1=O.[Na+]. The quantitative estimate of drug-likeness (QED) is 0.411. The third kappa shape index (κ3) is 3.65. The molecule has 2 rings (SSSR count). The van der Waals surface area contributed by atoms with Crippen molar-refractivity contribution in [2.75, 3.05) is 0 Å². The van der Waals surface area contributed by atoms with Gasteiger partial charge in [-0.2, -0.15) is 0 Å². The number of carboxylic acids is 1. The van der Waals surface area contributed by atoms with Gasteiger partial charge in [0.15, 0.2) is 11.4 Å². The number of H-pyrrole nitrogens is 1. The number of aromatic amines is 1. The van der Waals surface area contributed by atoms with E-state index in [2.05, 4.69) is 9.97 Å². The molecule has 0 aliphatic rings. The van der Waals surface area contributed by atoms with Crippen molar-refractivity contribution >= 4 is 22.9 Å². The first kappa shape index (κ1) is 18.3. The molecule has 9 nitrogen and oxygen atoms in total. The number of ketones is 1. The van der Waals surface area contributed by atoms with E-state index in [0.29, 0.717) is 11.2 Å². The predicted octanol–water partition coefficient (Wildman–Crippen LogP) is -5.71. The Kier molecular flexibility index (Phi) is 6.56. The Hall–Kier alpha value is -1.71. The Morgan fingerprint density at radius 3 is 2.20 bits per heavy atom. The molecule has 2 heterocycles. The van der Waals surface area contributed by atoms with E-state index in [9.17, 15) is 24.3 Å². The van der Waals surface area contributed by atoms with Gasteiger partial charge in [0.2, 0.25) is 0 Å². The monoisotopic (exact) mass is 290 g/mol. The first-order valence-corrected chi connectivity index (χ1v) is 5.08. The van der Waals surface area contributed by atoms with Crippen LogP contribution in [0, 0.1) is 0 Å². The molecule has 0 spiro atoms. The van der Waals surface area contributed by atoms with Crippen LogP contribution in [0.25, 0.3) is 11.2 Å². The van der Waals surface area contributed by atoms with Gasteiger partial charge >= 0.3 is 35.2 Å². The van der Waals surface area contributed by atoms with Crippen molar-refractivity contribution < 1.29 is 44.3 Å². The molecule has 0 aliphatic carbocycles. The van der Waals surface area contributed by atoms with Crippen LogP contribution in [0.5, 0.6) is 0 Å². The minimum Gasteiger partial charge on any atom is -0.542 e. The molecule has 0 unspecified atom stereocenters. The van der Waals surface area contributed by atoms with E-state index in [-0.39, 0.29) is 40.8 Å². The normalized spacial score (nSPS) is 9.35. The average molecular weight is 290 g/mol. The molecule has 1 N–H and O–H groups in total. The fourth-order valence-corrected chi connectivity index (χ4v) is 1.27. The molecule has 102 valence electrons. The summed E-state index contributed by atoms with van der Waals surface area (Å²) in [4.78, 5) is 48.1. The molecular formula is C10H11N4NaO5. The van der Waals surface area contributed by atoms with Crippen LogP contribution < -0.4 is 45.9 Å². The number of fused-ring (bicyclic) bond motifs is 1. The molecule has 2 aromatic rings. The van der Waals surface area contributed by atoms with Gasteiger partial charge in [-0.15, -0.1) is 0 Å². The molecule has 0 atom stereocenters. The van der Waals surface area contributed by atoms with Crippen molar-refractivity contribution in [1.29, 1.82) is 0 Å². The summed E-state index contributed by atoms with van der Waals surface area (Å²) < 4.78 is 2.37. The number of imidazole rings is 1. The maximum Gasteiger partial charge on any atom is 1.00 e. The van der Waals surface area contributed by atoms with Crippen molar-refractivity contribution in [3.63, 3.8) is 0 Å². The molecule has 0 aliphatic heterocycles. The van der Waals surface area contributed by atoms with Crippen molar-refractivity contribution in [3.8, 4) is 0 Å². The summed E-state index contributed by atoms with van der Waals surface area (Å²) in [6, 6.07) is 0. The molecule has 2 aromatic heterocycles. The summed E-state index contributed by atoms with van der Waals surface area (Å²) in [7, 11) is 3.01. The Labute approximate surface area is 134 Å². The number of carbonyl (C=O) groups excluding carboxylic acids is 2. The van der Waals surface area contributed by atoms with E-state index >= 15 is 0 Å². The maximum absolute atomic E-state index is 11.4. The molecule has 10 heteroatoms. The minimum absolute atomic E-state index is 0. The third-order valence-electron chi connectivity index (χ3n) is 2.32. The number of rotatable bonds is 1.